The molecule has 0 unspecified atom stereocenters. The predicted molar refractivity (Wildman–Crippen MR) is 87.3 cm³/mol. The van der Waals surface area contributed by atoms with Gasteiger partial charge in [0.05, 0.1) is 10.6 Å². The van der Waals surface area contributed by atoms with E-state index in [1.54, 1.807) is 0 Å². The summed E-state index contributed by atoms with van der Waals surface area (Å²) in [4.78, 5) is 16.3. The molecule has 3 rings (SSSR count). The van der Waals surface area contributed by atoms with Crippen LogP contribution in [0.2, 0.25) is 0 Å². The topological polar surface area (TPSA) is 135 Å². The zero-order chi connectivity index (χ0) is 17.5. The first-order valence-corrected chi connectivity index (χ1v) is 8.44. The van der Waals surface area contributed by atoms with Crippen molar-refractivity contribution in [2.75, 3.05) is 0 Å². The van der Waals surface area contributed by atoms with Crippen LogP contribution in [0, 0.1) is 13.8 Å². The number of aromatic nitrogens is 3. The first kappa shape index (κ1) is 16.0. The Hall–Kier alpha value is -2.85. The Bertz CT molecular complexity index is 1110. The fourth-order valence-electron chi connectivity index (χ4n) is 2.24. The summed E-state index contributed by atoms with van der Waals surface area (Å²) in [5, 5.41) is 15.6. The number of primary sulfonamides is 1. The zero-order valence-electron chi connectivity index (χ0n) is 12.9. The number of benzene rings is 1. The van der Waals surface area contributed by atoms with Crippen molar-refractivity contribution in [2.45, 2.75) is 18.7 Å². The molecule has 9 nitrogen and oxygen atoms in total. The van der Waals surface area contributed by atoms with Gasteiger partial charge in [-0.25, -0.2) is 23.1 Å². The summed E-state index contributed by atoms with van der Waals surface area (Å²) < 4.78 is 24.0. The van der Waals surface area contributed by atoms with Gasteiger partial charge in [-0.05, 0) is 44.2 Å². The predicted octanol–water partition coefficient (Wildman–Crippen LogP) is 1.70. The molecule has 24 heavy (non-hydrogen) atoms. The maximum atomic E-state index is 12.0. The van der Waals surface area contributed by atoms with E-state index in [1.807, 2.05) is 19.9 Å². The number of aryl methyl sites for hydroxylation is 2. The van der Waals surface area contributed by atoms with Crippen molar-refractivity contribution in [1.29, 1.82) is 0 Å². The summed E-state index contributed by atoms with van der Waals surface area (Å²) in [5.41, 5.74) is 1.99. The van der Waals surface area contributed by atoms with Gasteiger partial charge in [0.15, 0.2) is 11.3 Å². The molecule has 0 aliphatic heterocycles. The third-order valence-corrected chi connectivity index (χ3v) is 4.26. The quantitative estimate of drug-likeness (QED) is 0.698. The highest BCUT2D eigenvalue weighted by molar-refractivity contribution is 7.89. The number of nitrogens with two attached hydrogens (primary N) is 1. The van der Waals surface area contributed by atoms with Crippen LogP contribution < -0.4 is 10.7 Å². The van der Waals surface area contributed by atoms with Crippen LogP contribution in [-0.2, 0) is 10.0 Å². The minimum absolute atomic E-state index is 0.0264. The normalized spacial score (nSPS) is 12.3. The second kappa shape index (κ2) is 5.65. The molecule has 3 N–H and O–H groups in total. The van der Waals surface area contributed by atoms with E-state index >= 15 is 0 Å². The number of azo groups is 1. The summed E-state index contributed by atoms with van der Waals surface area (Å²) in [6, 6.07) is 7.35. The van der Waals surface area contributed by atoms with Gasteiger partial charge < -0.3 is 0 Å². The van der Waals surface area contributed by atoms with E-state index < -0.39 is 15.6 Å². The van der Waals surface area contributed by atoms with E-state index in [2.05, 4.69) is 20.3 Å². The van der Waals surface area contributed by atoms with Gasteiger partial charge in [0.25, 0.3) is 5.56 Å². The number of hydrogen-bond donors (Lipinski definition) is 2. The summed E-state index contributed by atoms with van der Waals surface area (Å²) in [5.74, 6) is 0. The Balaban J connectivity index is 2.02. The van der Waals surface area contributed by atoms with Crippen molar-refractivity contribution >= 4 is 27.0 Å². The first-order chi connectivity index (χ1) is 11.3. The first-order valence-electron chi connectivity index (χ1n) is 6.89. The van der Waals surface area contributed by atoms with Crippen LogP contribution in [0.5, 0.6) is 0 Å². The number of sulfonamides is 1. The Kier molecular flexibility index (Phi) is 3.78. The highest BCUT2D eigenvalue weighted by atomic mass is 32.2. The molecule has 0 amide bonds. The molecule has 0 aliphatic rings. The van der Waals surface area contributed by atoms with Crippen molar-refractivity contribution in [3.8, 4) is 0 Å². The summed E-state index contributed by atoms with van der Waals surface area (Å²) in [6.07, 6.45) is 0. The smallest absolute Gasteiger partial charge is 0.265 e. The molecule has 0 atom stereocenters. The monoisotopic (exact) mass is 346 g/mol. The van der Waals surface area contributed by atoms with Gasteiger partial charge in [-0.3, -0.25) is 9.89 Å². The number of H-pyrrole nitrogens is 1. The minimum Gasteiger partial charge on any atom is -0.265 e. The second-order valence-electron chi connectivity index (χ2n) is 5.23. The Labute approximate surface area is 136 Å². The van der Waals surface area contributed by atoms with Gasteiger partial charge in [0.1, 0.15) is 0 Å². The van der Waals surface area contributed by atoms with Crippen LogP contribution in [0.3, 0.4) is 0 Å². The van der Waals surface area contributed by atoms with Crippen molar-refractivity contribution < 1.29 is 8.42 Å². The number of nitrogens with zero attached hydrogens (tertiary/aromatic N) is 4. The van der Waals surface area contributed by atoms with Crippen LogP contribution in [0.25, 0.3) is 5.65 Å². The fraction of sp³-hybridized carbons (Fsp3) is 0.143. The summed E-state index contributed by atoms with van der Waals surface area (Å²) in [7, 11) is -3.76. The highest BCUT2D eigenvalue weighted by Crippen LogP contribution is 2.21. The summed E-state index contributed by atoms with van der Waals surface area (Å²) in [6.45, 7) is 3.65. The van der Waals surface area contributed by atoms with Gasteiger partial charge in [0, 0.05) is 11.4 Å². The Morgan fingerprint density at radius 1 is 1.17 bits per heavy atom. The lowest BCUT2D eigenvalue weighted by Gasteiger charge is -2.00. The zero-order valence-corrected chi connectivity index (χ0v) is 13.7. The van der Waals surface area contributed by atoms with Crippen LogP contribution in [0.4, 0.5) is 11.4 Å². The van der Waals surface area contributed by atoms with Crippen LogP contribution in [0.15, 0.2) is 50.3 Å². The number of nitrogens with one attached hydrogen (secondary N) is 1. The number of fused-ring (bicyclic) bond motifs is 1. The lowest BCUT2D eigenvalue weighted by molar-refractivity contribution is 0.598. The number of rotatable bonds is 3. The van der Waals surface area contributed by atoms with Crippen molar-refractivity contribution in [2.24, 2.45) is 15.4 Å². The average Bonchev–Trinajstić information content (AvgIpc) is 2.81. The van der Waals surface area contributed by atoms with Gasteiger partial charge in [-0.2, -0.15) is 5.11 Å². The molecule has 2 heterocycles. The standard InChI is InChI=1S/C14H14N6O3S/c1-8-7-9(2)20-13(16-8)12(14(21)19-20)18-17-10-3-5-11(6-4-10)24(15,22)23/h3-7H,1-2H3,(H,19,21)(H2,15,22,23). The molecule has 0 saturated heterocycles. The molecule has 0 saturated carbocycles. The Morgan fingerprint density at radius 2 is 1.83 bits per heavy atom. The SMILES string of the molecule is Cc1cc(C)n2[nH]c(=O)c(N=Nc3ccc(S(N)(=O)=O)cc3)c2n1. The molecule has 0 fully saturated rings. The van der Waals surface area contributed by atoms with E-state index in [1.165, 1.54) is 28.8 Å². The highest BCUT2D eigenvalue weighted by Gasteiger charge is 2.12. The molecule has 1 aromatic carbocycles. The molecular weight excluding hydrogens is 332 g/mol. The van der Waals surface area contributed by atoms with Crippen LogP contribution in [0.1, 0.15) is 11.4 Å². The van der Waals surface area contributed by atoms with Crippen molar-refractivity contribution in [3.05, 3.63) is 52.1 Å². The minimum atomic E-state index is -3.76. The molecular formula is C14H14N6O3S. The van der Waals surface area contributed by atoms with Gasteiger partial charge in [-0.15, -0.1) is 5.11 Å². The largest absolute Gasteiger partial charge is 0.294 e. The molecule has 10 heteroatoms. The third-order valence-electron chi connectivity index (χ3n) is 3.34. The van der Waals surface area contributed by atoms with E-state index in [9.17, 15) is 13.2 Å². The van der Waals surface area contributed by atoms with E-state index in [0.717, 1.165) is 11.4 Å². The molecule has 124 valence electrons. The van der Waals surface area contributed by atoms with E-state index in [-0.39, 0.29) is 10.6 Å². The van der Waals surface area contributed by atoms with Gasteiger partial charge >= 0.3 is 0 Å². The van der Waals surface area contributed by atoms with Crippen molar-refractivity contribution in [1.82, 2.24) is 14.6 Å². The van der Waals surface area contributed by atoms with E-state index in [0.29, 0.717) is 11.3 Å². The lowest BCUT2D eigenvalue weighted by Crippen LogP contribution is -2.11. The number of aromatic amines is 1. The molecule has 2 aromatic heterocycles. The molecule has 0 aliphatic carbocycles. The molecule has 0 radical (unpaired) electrons. The molecule has 0 bridgehead atoms. The third kappa shape index (κ3) is 2.96. The Morgan fingerprint density at radius 3 is 2.46 bits per heavy atom. The fourth-order valence-corrected chi connectivity index (χ4v) is 2.76. The summed E-state index contributed by atoms with van der Waals surface area (Å²) >= 11 is 0. The molecule has 3 aromatic rings. The van der Waals surface area contributed by atoms with Crippen molar-refractivity contribution in [3.63, 3.8) is 0 Å². The average molecular weight is 346 g/mol. The molecule has 0 spiro atoms. The maximum Gasteiger partial charge on any atom is 0.294 e. The lowest BCUT2D eigenvalue weighted by atomic mass is 10.3. The maximum absolute atomic E-state index is 12.0. The van der Waals surface area contributed by atoms with E-state index in [4.69, 9.17) is 5.14 Å². The number of hydrogen-bond acceptors (Lipinski definition) is 6. The van der Waals surface area contributed by atoms with Crippen LogP contribution >= 0.6 is 0 Å². The van der Waals surface area contributed by atoms with Gasteiger partial charge in [0.2, 0.25) is 10.0 Å². The van der Waals surface area contributed by atoms with Crippen LogP contribution in [-0.4, -0.2) is 23.0 Å². The van der Waals surface area contributed by atoms with Gasteiger partial charge in [-0.1, -0.05) is 0 Å². The second-order valence-corrected chi connectivity index (χ2v) is 6.79.